The van der Waals surface area contributed by atoms with E-state index in [-0.39, 0.29) is 0 Å². The minimum Gasteiger partial charge on any atom is -0.349 e. The lowest BCUT2D eigenvalue weighted by atomic mass is 9.95. The van der Waals surface area contributed by atoms with E-state index >= 15 is 0 Å². The highest BCUT2D eigenvalue weighted by atomic mass is 15.4. The number of rotatable bonds is 2. The van der Waals surface area contributed by atoms with Gasteiger partial charge in [0.1, 0.15) is 0 Å². The predicted molar refractivity (Wildman–Crippen MR) is 121 cm³/mol. The van der Waals surface area contributed by atoms with Crippen LogP contribution < -0.4 is 9.80 Å². The van der Waals surface area contributed by atoms with E-state index in [4.69, 9.17) is 0 Å². The Morgan fingerprint density at radius 2 is 0.897 bits per heavy atom. The molecule has 0 radical (unpaired) electrons. The summed E-state index contributed by atoms with van der Waals surface area (Å²) in [4.78, 5) is 5.01. The van der Waals surface area contributed by atoms with Crippen molar-refractivity contribution in [3.63, 3.8) is 0 Å². The first-order chi connectivity index (χ1) is 14.3. The Kier molecular flexibility index (Phi) is 3.70. The Morgan fingerprint density at radius 3 is 1.34 bits per heavy atom. The van der Waals surface area contributed by atoms with Crippen molar-refractivity contribution in [2.24, 2.45) is 0 Å². The lowest BCUT2D eigenvalue weighted by molar-refractivity contribution is 0.651. The number of anilines is 2. The average Bonchev–Trinajstić information content (AvgIpc) is 2.79. The second kappa shape index (κ2) is 6.52. The van der Waals surface area contributed by atoms with Crippen LogP contribution in [-0.4, -0.2) is 6.67 Å². The summed E-state index contributed by atoms with van der Waals surface area (Å²) >= 11 is 0. The van der Waals surface area contributed by atoms with Crippen molar-refractivity contribution in [2.45, 2.75) is 13.1 Å². The van der Waals surface area contributed by atoms with Gasteiger partial charge in [0.15, 0.2) is 0 Å². The van der Waals surface area contributed by atoms with Gasteiger partial charge < -0.3 is 9.80 Å². The second-order valence-electron chi connectivity index (χ2n) is 7.96. The van der Waals surface area contributed by atoms with Gasteiger partial charge in [0, 0.05) is 24.5 Å². The molecule has 0 amide bonds. The fraction of sp³-hybridized carbons (Fsp3) is 0.111. The Labute approximate surface area is 171 Å². The van der Waals surface area contributed by atoms with Crippen molar-refractivity contribution in [1.82, 2.24) is 0 Å². The SMILES string of the molecule is c1ccc(-c2ccc3c(c2)CN2CN3Cc3cc(-c4ccccc4)ccc32)cc1. The quantitative estimate of drug-likeness (QED) is 0.405. The molecular weight excluding hydrogens is 352 g/mol. The molecule has 0 saturated heterocycles. The highest BCUT2D eigenvalue weighted by Gasteiger charge is 2.29. The summed E-state index contributed by atoms with van der Waals surface area (Å²) in [5, 5.41) is 0. The average molecular weight is 374 g/mol. The molecule has 0 unspecified atom stereocenters. The minimum atomic E-state index is 0.962. The van der Waals surface area contributed by atoms with Gasteiger partial charge in [-0.25, -0.2) is 0 Å². The van der Waals surface area contributed by atoms with E-state index < -0.39 is 0 Å². The highest BCUT2D eigenvalue weighted by Crippen LogP contribution is 2.40. The maximum atomic E-state index is 2.50. The van der Waals surface area contributed by atoms with Gasteiger partial charge in [0.25, 0.3) is 0 Å². The van der Waals surface area contributed by atoms with Gasteiger partial charge in [0.2, 0.25) is 0 Å². The van der Waals surface area contributed by atoms with Gasteiger partial charge in [-0.05, 0) is 57.6 Å². The Morgan fingerprint density at radius 1 is 0.448 bits per heavy atom. The lowest BCUT2D eigenvalue weighted by Gasteiger charge is -2.45. The van der Waals surface area contributed by atoms with Crippen molar-refractivity contribution >= 4 is 11.4 Å². The lowest BCUT2D eigenvalue weighted by Crippen LogP contribution is -2.46. The molecule has 2 nitrogen and oxygen atoms in total. The molecule has 2 aliphatic rings. The van der Waals surface area contributed by atoms with Crippen LogP contribution in [0.25, 0.3) is 22.3 Å². The summed E-state index contributed by atoms with van der Waals surface area (Å²) in [6.07, 6.45) is 0. The van der Waals surface area contributed by atoms with Gasteiger partial charge in [-0.15, -0.1) is 0 Å². The molecule has 0 N–H and O–H groups in total. The second-order valence-corrected chi connectivity index (χ2v) is 7.96. The first-order valence-electron chi connectivity index (χ1n) is 10.2. The van der Waals surface area contributed by atoms with E-state index in [0.717, 1.165) is 19.8 Å². The summed E-state index contributed by atoms with van der Waals surface area (Å²) in [7, 11) is 0. The first-order valence-corrected chi connectivity index (χ1v) is 10.2. The largest absolute Gasteiger partial charge is 0.349 e. The summed E-state index contributed by atoms with van der Waals surface area (Å²) in [6, 6.07) is 35.2. The molecule has 2 heterocycles. The summed E-state index contributed by atoms with van der Waals surface area (Å²) in [5.41, 5.74) is 10.7. The smallest absolute Gasteiger partial charge is 0.0910 e. The topological polar surface area (TPSA) is 6.48 Å². The Balaban J connectivity index is 1.37. The number of nitrogens with zero attached hydrogens (tertiary/aromatic N) is 2. The van der Waals surface area contributed by atoms with Crippen molar-refractivity contribution < 1.29 is 0 Å². The molecule has 2 heteroatoms. The van der Waals surface area contributed by atoms with E-state index in [1.807, 2.05) is 0 Å². The van der Waals surface area contributed by atoms with E-state index in [0.29, 0.717) is 0 Å². The highest BCUT2D eigenvalue weighted by molar-refractivity contribution is 5.75. The Bertz CT molecular complexity index is 1090. The zero-order chi connectivity index (χ0) is 19.2. The maximum absolute atomic E-state index is 2.50. The van der Waals surface area contributed by atoms with E-state index in [9.17, 15) is 0 Å². The normalized spacial score (nSPS) is 14.3. The third kappa shape index (κ3) is 2.80. The first kappa shape index (κ1) is 16.4. The monoisotopic (exact) mass is 374 g/mol. The standard InChI is InChI=1S/C27H22N2/c1-3-7-20(8-4-1)22-11-13-26-24(15-22)17-28-19-29(26)18-25-16-23(12-14-27(25)28)21-9-5-2-6-10-21/h1-16H,17-19H2. The van der Waals surface area contributed by atoms with Crippen molar-refractivity contribution in [3.8, 4) is 22.3 Å². The molecule has 4 aromatic carbocycles. The molecule has 0 spiro atoms. The third-order valence-corrected chi connectivity index (χ3v) is 6.12. The molecular formula is C27H22N2. The van der Waals surface area contributed by atoms with E-state index in [2.05, 4.69) is 107 Å². The fourth-order valence-corrected chi connectivity index (χ4v) is 4.70. The van der Waals surface area contributed by atoms with Gasteiger partial charge >= 0.3 is 0 Å². The summed E-state index contributed by atoms with van der Waals surface area (Å²) in [5.74, 6) is 0. The van der Waals surface area contributed by atoms with Crippen LogP contribution >= 0.6 is 0 Å². The van der Waals surface area contributed by atoms with Crippen LogP contribution in [0.3, 0.4) is 0 Å². The fourth-order valence-electron chi connectivity index (χ4n) is 4.70. The zero-order valence-electron chi connectivity index (χ0n) is 16.3. The molecule has 140 valence electrons. The molecule has 2 aliphatic heterocycles. The molecule has 0 atom stereocenters. The van der Waals surface area contributed by atoms with Crippen LogP contribution in [0.4, 0.5) is 11.4 Å². The molecule has 6 rings (SSSR count). The molecule has 0 aromatic heterocycles. The van der Waals surface area contributed by atoms with Crippen LogP contribution in [0, 0.1) is 0 Å². The molecule has 0 fully saturated rings. The predicted octanol–water partition coefficient (Wildman–Crippen LogP) is 6.32. The van der Waals surface area contributed by atoms with Gasteiger partial charge in [0.05, 0.1) is 6.67 Å². The van der Waals surface area contributed by atoms with Crippen molar-refractivity contribution in [2.75, 3.05) is 16.5 Å². The van der Waals surface area contributed by atoms with Gasteiger partial charge in [-0.2, -0.15) is 0 Å². The summed E-state index contributed by atoms with van der Waals surface area (Å²) < 4.78 is 0. The van der Waals surface area contributed by atoms with Crippen LogP contribution in [0.5, 0.6) is 0 Å². The minimum absolute atomic E-state index is 0.962. The molecule has 2 bridgehead atoms. The number of fused-ring (bicyclic) bond motifs is 6. The molecule has 0 aliphatic carbocycles. The third-order valence-electron chi connectivity index (χ3n) is 6.12. The zero-order valence-corrected chi connectivity index (χ0v) is 16.3. The number of hydrogen-bond donors (Lipinski definition) is 0. The van der Waals surface area contributed by atoms with Crippen LogP contribution in [0.1, 0.15) is 11.1 Å². The maximum Gasteiger partial charge on any atom is 0.0910 e. The molecule has 0 saturated carbocycles. The number of hydrogen-bond acceptors (Lipinski definition) is 2. The molecule has 29 heavy (non-hydrogen) atoms. The van der Waals surface area contributed by atoms with Crippen molar-refractivity contribution in [3.05, 3.63) is 108 Å². The van der Waals surface area contributed by atoms with E-state index in [1.54, 1.807) is 0 Å². The van der Waals surface area contributed by atoms with Crippen LogP contribution in [-0.2, 0) is 13.1 Å². The van der Waals surface area contributed by atoms with Gasteiger partial charge in [-0.3, -0.25) is 0 Å². The van der Waals surface area contributed by atoms with Gasteiger partial charge in [-0.1, -0.05) is 72.8 Å². The van der Waals surface area contributed by atoms with Crippen LogP contribution in [0.15, 0.2) is 97.1 Å². The number of benzene rings is 4. The summed E-state index contributed by atoms with van der Waals surface area (Å²) in [6.45, 7) is 2.89. The Hall–Kier alpha value is -3.52. The van der Waals surface area contributed by atoms with E-state index in [1.165, 1.54) is 44.8 Å². The van der Waals surface area contributed by atoms with Crippen LogP contribution in [0.2, 0.25) is 0 Å². The van der Waals surface area contributed by atoms with Crippen molar-refractivity contribution in [1.29, 1.82) is 0 Å². The molecule has 4 aromatic rings.